The van der Waals surface area contributed by atoms with Crippen molar-refractivity contribution >= 4 is 5.69 Å². The van der Waals surface area contributed by atoms with Crippen molar-refractivity contribution in [3.05, 3.63) is 29.6 Å². The number of hydrogen-bond donors (Lipinski definition) is 0. The lowest BCUT2D eigenvalue weighted by Crippen LogP contribution is -2.31. The molecule has 96 valence electrons. The zero-order chi connectivity index (χ0) is 13.0. The molecule has 0 aromatic heterocycles. The van der Waals surface area contributed by atoms with E-state index in [1.54, 1.807) is 6.07 Å². The highest BCUT2D eigenvalue weighted by atomic mass is 19.1. The van der Waals surface area contributed by atoms with Gasteiger partial charge >= 0.3 is 0 Å². The maximum absolute atomic E-state index is 13.6. The summed E-state index contributed by atoms with van der Waals surface area (Å²) in [5, 5.41) is 9.09. The van der Waals surface area contributed by atoms with Gasteiger partial charge in [0.05, 0.1) is 5.69 Å². The topological polar surface area (TPSA) is 27.0 Å². The largest absolute Gasteiger partial charge is 0.370 e. The molecule has 0 aliphatic heterocycles. The number of rotatable bonds is 2. The lowest BCUT2D eigenvalue weighted by atomic mass is 10.1. The maximum atomic E-state index is 13.6. The van der Waals surface area contributed by atoms with Crippen molar-refractivity contribution < 1.29 is 4.39 Å². The Hall–Kier alpha value is -1.56. The molecular formula is C15H19FN2. The van der Waals surface area contributed by atoms with Crippen LogP contribution in [0.3, 0.4) is 0 Å². The first-order valence-corrected chi connectivity index (χ1v) is 6.65. The average Bonchev–Trinajstić information content (AvgIpc) is 2.66. The summed E-state index contributed by atoms with van der Waals surface area (Å²) in [6.45, 7) is 0. The van der Waals surface area contributed by atoms with Gasteiger partial charge in [-0.05, 0) is 25.0 Å². The average molecular weight is 246 g/mol. The van der Waals surface area contributed by atoms with Crippen LogP contribution in [-0.4, -0.2) is 13.1 Å². The van der Waals surface area contributed by atoms with Crippen molar-refractivity contribution in [3.63, 3.8) is 0 Å². The fourth-order valence-electron chi connectivity index (χ4n) is 2.76. The van der Waals surface area contributed by atoms with Crippen LogP contribution in [0.4, 0.5) is 10.1 Å². The minimum Gasteiger partial charge on any atom is -0.370 e. The lowest BCUT2D eigenvalue weighted by molar-refractivity contribution is 0.550. The second-order valence-corrected chi connectivity index (χ2v) is 5.00. The Morgan fingerprint density at radius 3 is 2.50 bits per heavy atom. The molecule has 1 saturated carbocycles. The SMILES string of the molecule is CN(c1cccc(F)c1C#N)C1CCCCCC1. The first-order valence-electron chi connectivity index (χ1n) is 6.65. The van der Waals surface area contributed by atoms with E-state index in [0.717, 1.165) is 18.5 Å². The van der Waals surface area contributed by atoms with Crippen molar-refractivity contribution in [3.8, 4) is 6.07 Å². The highest BCUT2D eigenvalue weighted by Crippen LogP contribution is 2.28. The lowest BCUT2D eigenvalue weighted by Gasteiger charge is -2.30. The zero-order valence-electron chi connectivity index (χ0n) is 10.8. The van der Waals surface area contributed by atoms with Gasteiger partial charge in [-0.25, -0.2) is 4.39 Å². The van der Waals surface area contributed by atoms with Gasteiger partial charge in [0.2, 0.25) is 0 Å². The maximum Gasteiger partial charge on any atom is 0.143 e. The van der Waals surface area contributed by atoms with Gasteiger partial charge in [0.1, 0.15) is 17.4 Å². The second-order valence-electron chi connectivity index (χ2n) is 5.00. The zero-order valence-corrected chi connectivity index (χ0v) is 10.8. The third-order valence-electron chi connectivity index (χ3n) is 3.86. The Morgan fingerprint density at radius 2 is 1.89 bits per heavy atom. The molecular weight excluding hydrogens is 227 g/mol. The van der Waals surface area contributed by atoms with E-state index in [1.165, 1.54) is 31.7 Å². The summed E-state index contributed by atoms with van der Waals surface area (Å²) in [5.41, 5.74) is 0.897. The summed E-state index contributed by atoms with van der Waals surface area (Å²) in [6, 6.07) is 7.28. The van der Waals surface area contributed by atoms with Gasteiger partial charge < -0.3 is 4.90 Å². The molecule has 1 aliphatic carbocycles. The van der Waals surface area contributed by atoms with E-state index in [1.807, 2.05) is 19.2 Å². The molecule has 0 amide bonds. The molecule has 2 nitrogen and oxygen atoms in total. The van der Waals surface area contributed by atoms with E-state index in [0.29, 0.717) is 6.04 Å². The molecule has 0 atom stereocenters. The molecule has 0 unspecified atom stereocenters. The molecule has 0 N–H and O–H groups in total. The van der Waals surface area contributed by atoms with E-state index in [2.05, 4.69) is 4.90 Å². The number of nitriles is 1. The van der Waals surface area contributed by atoms with Crippen molar-refractivity contribution in [2.45, 2.75) is 44.6 Å². The molecule has 0 saturated heterocycles. The first kappa shape index (κ1) is 12.9. The summed E-state index contributed by atoms with van der Waals surface area (Å²) in [7, 11) is 1.98. The van der Waals surface area contributed by atoms with Crippen LogP contribution in [0.15, 0.2) is 18.2 Å². The number of benzene rings is 1. The minimum atomic E-state index is -0.421. The van der Waals surface area contributed by atoms with Crippen LogP contribution >= 0.6 is 0 Å². The van der Waals surface area contributed by atoms with Crippen molar-refractivity contribution in [2.24, 2.45) is 0 Å². The highest BCUT2D eigenvalue weighted by molar-refractivity contribution is 5.60. The molecule has 0 bridgehead atoms. The Labute approximate surface area is 108 Å². The van der Waals surface area contributed by atoms with Crippen LogP contribution in [0, 0.1) is 17.1 Å². The van der Waals surface area contributed by atoms with E-state index < -0.39 is 5.82 Å². The minimum absolute atomic E-state index is 0.171. The van der Waals surface area contributed by atoms with Crippen molar-refractivity contribution in [1.29, 1.82) is 5.26 Å². The molecule has 0 heterocycles. The number of hydrogen-bond acceptors (Lipinski definition) is 2. The quantitative estimate of drug-likeness (QED) is 0.741. The molecule has 0 spiro atoms. The van der Waals surface area contributed by atoms with Gasteiger partial charge in [-0.1, -0.05) is 31.7 Å². The Kier molecular flexibility index (Phi) is 4.19. The molecule has 18 heavy (non-hydrogen) atoms. The molecule has 1 aliphatic rings. The summed E-state index contributed by atoms with van der Waals surface area (Å²) in [6.07, 6.45) is 7.31. The second kappa shape index (κ2) is 5.86. The van der Waals surface area contributed by atoms with E-state index in [-0.39, 0.29) is 5.56 Å². The first-order chi connectivity index (χ1) is 8.74. The fraction of sp³-hybridized carbons (Fsp3) is 0.533. The highest BCUT2D eigenvalue weighted by Gasteiger charge is 2.20. The summed E-state index contributed by atoms with van der Waals surface area (Å²) < 4.78 is 13.6. The molecule has 2 rings (SSSR count). The van der Waals surface area contributed by atoms with E-state index in [4.69, 9.17) is 5.26 Å². The van der Waals surface area contributed by atoms with Crippen LogP contribution in [0.2, 0.25) is 0 Å². The molecule has 0 radical (unpaired) electrons. The number of nitrogens with zero attached hydrogens (tertiary/aromatic N) is 2. The molecule has 1 fully saturated rings. The molecule has 3 heteroatoms. The van der Waals surface area contributed by atoms with Crippen LogP contribution in [-0.2, 0) is 0 Å². The Balaban J connectivity index is 2.25. The van der Waals surface area contributed by atoms with Crippen LogP contribution in [0.5, 0.6) is 0 Å². The Morgan fingerprint density at radius 1 is 1.22 bits per heavy atom. The predicted octanol–water partition coefficient (Wildman–Crippen LogP) is 3.86. The summed E-state index contributed by atoms with van der Waals surface area (Å²) >= 11 is 0. The normalized spacial score (nSPS) is 16.9. The standard InChI is InChI=1S/C15H19FN2/c1-18(12-7-4-2-3-5-8-12)15-10-6-9-14(16)13(15)11-17/h6,9-10,12H,2-5,7-8H2,1H3. The van der Waals surface area contributed by atoms with Gasteiger partial charge in [0.15, 0.2) is 0 Å². The van der Waals surface area contributed by atoms with Gasteiger partial charge in [0.25, 0.3) is 0 Å². The van der Waals surface area contributed by atoms with Gasteiger partial charge in [-0.3, -0.25) is 0 Å². The van der Waals surface area contributed by atoms with E-state index >= 15 is 0 Å². The van der Waals surface area contributed by atoms with Crippen molar-refractivity contribution in [2.75, 3.05) is 11.9 Å². The molecule has 1 aromatic carbocycles. The van der Waals surface area contributed by atoms with Crippen LogP contribution in [0.1, 0.15) is 44.1 Å². The third-order valence-corrected chi connectivity index (χ3v) is 3.86. The molecule has 1 aromatic rings. The van der Waals surface area contributed by atoms with Gasteiger partial charge in [-0.15, -0.1) is 0 Å². The Bertz CT molecular complexity index is 442. The predicted molar refractivity (Wildman–Crippen MR) is 71.0 cm³/mol. The summed E-state index contributed by atoms with van der Waals surface area (Å²) in [4.78, 5) is 2.09. The monoisotopic (exact) mass is 246 g/mol. The summed E-state index contributed by atoms with van der Waals surface area (Å²) in [5.74, 6) is -0.421. The van der Waals surface area contributed by atoms with E-state index in [9.17, 15) is 4.39 Å². The smallest absolute Gasteiger partial charge is 0.143 e. The van der Waals surface area contributed by atoms with Gasteiger partial charge in [-0.2, -0.15) is 5.26 Å². The third kappa shape index (κ3) is 2.64. The number of anilines is 1. The van der Waals surface area contributed by atoms with Crippen LogP contribution in [0.25, 0.3) is 0 Å². The van der Waals surface area contributed by atoms with Gasteiger partial charge in [0, 0.05) is 13.1 Å². The fourth-order valence-corrected chi connectivity index (χ4v) is 2.76. The van der Waals surface area contributed by atoms with Crippen LogP contribution < -0.4 is 4.90 Å². The van der Waals surface area contributed by atoms with Crippen molar-refractivity contribution in [1.82, 2.24) is 0 Å². The number of halogens is 1.